The van der Waals surface area contributed by atoms with Gasteiger partial charge in [-0.2, -0.15) is 0 Å². The highest BCUT2D eigenvalue weighted by Gasteiger charge is 2.18. The van der Waals surface area contributed by atoms with Crippen molar-refractivity contribution in [2.75, 3.05) is 11.1 Å². The van der Waals surface area contributed by atoms with Gasteiger partial charge < -0.3 is 11.1 Å². The summed E-state index contributed by atoms with van der Waals surface area (Å²) in [5, 5.41) is 3.03. The molecule has 0 atom stereocenters. The molecule has 2 aromatic rings. The summed E-state index contributed by atoms with van der Waals surface area (Å²) < 4.78 is 1.63. The van der Waals surface area contributed by atoms with Gasteiger partial charge in [-0.3, -0.25) is 4.79 Å². The van der Waals surface area contributed by atoms with E-state index in [0.717, 1.165) is 37.7 Å². The van der Waals surface area contributed by atoms with Gasteiger partial charge in [-0.25, -0.2) is 0 Å². The molecule has 116 valence electrons. The zero-order valence-corrected chi connectivity index (χ0v) is 15.9. The van der Waals surface area contributed by atoms with E-state index in [0.29, 0.717) is 11.3 Å². The second kappa shape index (κ2) is 6.84. The maximum atomic E-state index is 12.5. The number of nitrogen functional groups attached to an aromatic ring is 1. The molecule has 0 aromatic heterocycles. The lowest BCUT2D eigenvalue weighted by molar-refractivity contribution is 0.102. The van der Waals surface area contributed by atoms with Crippen molar-refractivity contribution >= 4 is 49.1 Å². The van der Waals surface area contributed by atoms with Crippen LogP contribution in [0.25, 0.3) is 0 Å². The molecule has 0 unspecified atom stereocenters. The Morgan fingerprint density at radius 1 is 1.23 bits per heavy atom. The van der Waals surface area contributed by atoms with Gasteiger partial charge in [-0.1, -0.05) is 24.6 Å². The molecule has 0 spiro atoms. The number of amides is 1. The normalized spacial score (nSPS) is 10.6. The van der Waals surface area contributed by atoms with Crippen molar-refractivity contribution in [3.8, 4) is 0 Å². The Hall–Kier alpha value is -1.33. The minimum Gasteiger partial charge on any atom is -0.397 e. The third kappa shape index (κ3) is 3.20. The molecule has 0 aliphatic rings. The van der Waals surface area contributed by atoms with Gasteiger partial charge in [0.05, 0.1) is 5.69 Å². The quantitative estimate of drug-likeness (QED) is 0.661. The molecular weight excluding hydrogens is 408 g/mol. The first-order valence-corrected chi connectivity index (χ1v) is 8.59. The average Bonchev–Trinajstić information content (AvgIpc) is 2.50. The topological polar surface area (TPSA) is 55.1 Å². The van der Waals surface area contributed by atoms with Gasteiger partial charge in [-0.05, 0) is 75.4 Å². The van der Waals surface area contributed by atoms with Crippen LogP contribution in [0.1, 0.15) is 34.0 Å². The lowest BCUT2D eigenvalue weighted by Crippen LogP contribution is -2.15. The van der Waals surface area contributed by atoms with Crippen molar-refractivity contribution in [3.63, 3.8) is 0 Å². The van der Waals surface area contributed by atoms with Crippen LogP contribution < -0.4 is 11.1 Å². The van der Waals surface area contributed by atoms with Gasteiger partial charge in [0.1, 0.15) is 0 Å². The highest BCUT2D eigenvalue weighted by molar-refractivity contribution is 9.11. The minimum absolute atomic E-state index is 0.120. The molecule has 2 aromatic carbocycles. The fourth-order valence-electron chi connectivity index (χ4n) is 2.38. The largest absolute Gasteiger partial charge is 0.397 e. The summed E-state index contributed by atoms with van der Waals surface area (Å²) in [7, 11) is 0. The summed E-state index contributed by atoms with van der Waals surface area (Å²) in [6, 6.07) is 7.53. The van der Waals surface area contributed by atoms with E-state index >= 15 is 0 Å². The zero-order chi connectivity index (χ0) is 16.4. The summed E-state index contributed by atoms with van der Waals surface area (Å²) >= 11 is 7.02. The Morgan fingerprint density at radius 3 is 2.50 bits per heavy atom. The standard InChI is InChI=1S/C17H18Br2N2O/c1-4-12-14(19)15(20)13(18)10(3)16(12)21-17(22)11-7-5-6-9(2)8-11/h5-8H,4,20H2,1-3H3,(H,21,22). The van der Waals surface area contributed by atoms with Gasteiger partial charge in [0.25, 0.3) is 5.91 Å². The molecule has 0 saturated carbocycles. The Balaban J connectivity index is 2.47. The Kier molecular flexibility index (Phi) is 5.29. The van der Waals surface area contributed by atoms with Crippen molar-refractivity contribution < 1.29 is 4.79 Å². The van der Waals surface area contributed by atoms with E-state index < -0.39 is 0 Å². The number of aryl methyl sites for hydroxylation is 1. The number of nitrogens with one attached hydrogen (secondary N) is 1. The number of anilines is 2. The number of halogens is 2. The third-order valence-corrected chi connectivity index (χ3v) is 5.54. The van der Waals surface area contributed by atoms with E-state index in [1.807, 2.05) is 45.0 Å². The van der Waals surface area contributed by atoms with Gasteiger partial charge in [0.2, 0.25) is 0 Å². The van der Waals surface area contributed by atoms with Crippen molar-refractivity contribution in [3.05, 3.63) is 55.5 Å². The molecule has 1 amide bonds. The number of carbonyl (C=O) groups excluding carboxylic acids is 1. The molecule has 2 rings (SSSR count). The summed E-state index contributed by atoms with van der Waals surface area (Å²) in [5.74, 6) is -0.120. The molecule has 22 heavy (non-hydrogen) atoms. The molecule has 0 saturated heterocycles. The molecular formula is C17H18Br2N2O. The average molecular weight is 426 g/mol. The van der Waals surface area contributed by atoms with Crippen LogP contribution in [0.4, 0.5) is 11.4 Å². The maximum absolute atomic E-state index is 12.5. The molecule has 3 N–H and O–H groups in total. The number of nitrogens with two attached hydrogens (primary N) is 1. The van der Waals surface area contributed by atoms with Crippen molar-refractivity contribution in [1.82, 2.24) is 0 Å². The predicted molar refractivity (Wildman–Crippen MR) is 99.5 cm³/mol. The van der Waals surface area contributed by atoms with E-state index in [4.69, 9.17) is 5.73 Å². The summed E-state index contributed by atoms with van der Waals surface area (Å²) in [5.41, 5.74) is 11.2. The second-order valence-electron chi connectivity index (χ2n) is 5.20. The van der Waals surface area contributed by atoms with Gasteiger partial charge in [0, 0.05) is 20.2 Å². The highest BCUT2D eigenvalue weighted by Crippen LogP contribution is 2.40. The minimum atomic E-state index is -0.120. The molecule has 3 nitrogen and oxygen atoms in total. The summed E-state index contributed by atoms with van der Waals surface area (Å²) in [6.07, 6.45) is 0.766. The Morgan fingerprint density at radius 2 is 1.91 bits per heavy atom. The molecule has 5 heteroatoms. The first-order chi connectivity index (χ1) is 10.4. The number of hydrogen-bond donors (Lipinski definition) is 2. The van der Waals surface area contributed by atoms with Crippen LogP contribution >= 0.6 is 31.9 Å². The molecule has 0 radical (unpaired) electrons. The smallest absolute Gasteiger partial charge is 0.255 e. The van der Waals surface area contributed by atoms with Crippen LogP contribution in [0.2, 0.25) is 0 Å². The maximum Gasteiger partial charge on any atom is 0.255 e. The number of benzene rings is 2. The van der Waals surface area contributed by atoms with Crippen LogP contribution in [0.3, 0.4) is 0 Å². The number of rotatable bonds is 3. The van der Waals surface area contributed by atoms with E-state index in [-0.39, 0.29) is 5.91 Å². The van der Waals surface area contributed by atoms with Crippen LogP contribution in [0.15, 0.2) is 33.2 Å². The van der Waals surface area contributed by atoms with Crippen molar-refractivity contribution in [1.29, 1.82) is 0 Å². The summed E-state index contributed by atoms with van der Waals surface area (Å²) in [6.45, 7) is 5.95. The van der Waals surface area contributed by atoms with Gasteiger partial charge in [0.15, 0.2) is 0 Å². The lowest BCUT2D eigenvalue weighted by Gasteiger charge is -2.18. The van der Waals surface area contributed by atoms with Crippen molar-refractivity contribution in [2.45, 2.75) is 27.2 Å². The molecule has 0 aliphatic carbocycles. The molecule has 0 aliphatic heterocycles. The van der Waals surface area contributed by atoms with Gasteiger partial charge >= 0.3 is 0 Å². The van der Waals surface area contributed by atoms with Crippen LogP contribution in [-0.4, -0.2) is 5.91 Å². The molecule has 0 heterocycles. The molecule has 0 fully saturated rings. The lowest BCUT2D eigenvalue weighted by atomic mass is 10.0. The van der Waals surface area contributed by atoms with Gasteiger partial charge in [-0.15, -0.1) is 0 Å². The fourth-order valence-corrected chi connectivity index (χ4v) is 3.72. The van der Waals surface area contributed by atoms with E-state index in [1.54, 1.807) is 0 Å². The summed E-state index contributed by atoms with van der Waals surface area (Å²) in [4.78, 5) is 12.5. The van der Waals surface area contributed by atoms with Crippen LogP contribution in [0, 0.1) is 13.8 Å². The zero-order valence-electron chi connectivity index (χ0n) is 12.8. The van der Waals surface area contributed by atoms with Crippen molar-refractivity contribution in [2.24, 2.45) is 0 Å². The van der Waals surface area contributed by atoms with Crippen LogP contribution in [0.5, 0.6) is 0 Å². The number of hydrogen-bond acceptors (Lipinski definition) is 2. The van der Waals surface area contributed by atoms with E-state index in [2.05, 4.69) is 37.2 Å². The SMILES string of the molecule is CCc1c(Br)c(N)c(Br)c(C)c1NC(=O)c1cccc(C)c1. The Labute approximate surface area is 147 Å². The first kappa shape index (κ1) is 17.0. The van der Waals surface area contributed by atoms with E-state index in [9.17, 15) is 4.79 Å². The predicted octanol–water partition coefficient (Wildman–Crippen LogP) is 5.23. The first-order valence-electron chi connectivity index (χ1n) is 7.00. The van der Waals surface area contributed by atoms with Crippen LogP contribution in [-0.2, 0) is 6.42 Å². The Bertz CT molecular complexity index is 742. The highest BCUT2D eigenvalue weighted by atomic mass is 79.9. The third-order valence-electron chi connectivity index (χ3n) is 3.62. The monoisotopic (exact) mass is 424 g/mol. The second-order valence-corrected chi connectivity index (χ2v) is 6.78. The fraction of sp³-hybridized carbons (Fsp3) is 0.235. The van der Waals surface area contributed by atoms with E-state index in [1.165, 1.54) is 0 Å². The molecule has 0 bridgehead atoms. The number of carbonyl (C=O) groups is 1.